The molecule has 0 aromatic rings. The monoisotopic (exact) mass is 1130 g/mol. The van der Waals surface area contributed by atoms with Crippen LogP contribution in [0.5, 0.6) is 0 Å². The molecule has 3 fully saturated rings. The molecule has 26 heteroatoms. The molecule has 2 saturated heterocycles. The SMILES string of the molecule is CC(C)C(=O)CCCC(=O)NC(COCCC(=O)NCCCO[C@@H]1OC(CO)[C@H](O)[C@H](O)C1C)(COCCC(=O)NCCCO[C@@H]1OC(CO)[C@H](O)[C@H](O)C1C)COCCC(=O)NCCCO[C@@H]1CC(CO)[C@H](O)[C@H](O)C1C. The fourth-order valence-electron chi connectivity index (χ4n) is 9.09. The number of ketones is 1. The smallest absolute Gasteiger partial charge is 0.222 e. The van der Waals surface area contributed by atoms with Crippen molar-refractivity contribution < 1.29 is 108 Å². The molecular formula is C52H94N4O22. The third-order valence-electron chi connectivity index (χ3n) is 14.4. The zero-order chi connectivity index (χ0) is 57.8. The molecule has 13 N–H and O–H groups in total. The highest BCUT2D eigenvalue weighted by atomic mass is 16.7. The second-order valence-corrected chi connectivity index (χ2v) is 21.1. The lowest BCUT2D eigenvalue weighted by Gasteiger charge is -2.40. The first-order chi connectivity index (χ1) is 37.2. The molecule has 0 aromatic heterocycles. The van der Waals surface area contributed by atoms with E-state index in [1.54, 1.807) is 34.6 Å². The first-order valence-electron chi connectivity index (χ1n) is 27.6. The van der Waals surface area contributed by atoms with Crippen LogP contribution >= 0.6 is 0 Å². The van der Waals surface area contributed by atoms with Gasteiger partial charge in [0, 0.05) is 94.5 Å². The number of aliphatic hydroxyl groups is 9. The molecule has 0 aromatic carbocycles. The number of Topliss-reactive ketones (excluding diaryl/α,β-unsaturated/α-hetero) is 1. The molecular weight excluding hydrogens is 1030 g/mol. The minimum Gasteiger partial charge on any atom is -0.396 e. The summed E-state index contributed by atoms with van der Waals surface area (Å²) in [6, 6.07) is 0. The van der Waals surface area contributed by atoms with Crippen molar-refractivity contribution in [1.82, 2.24) is 21.3 Å². The highest BCUT2D eigenvalue weighted by Gasteiger charge is 2.44. The third kappa shape index (κ3) is 23.8. The Morgan fingerprint density at radius 3 is 1.31 bits per heavy atom. The van der Waals surface area contributed by atoms with E-state index in [9.17, 15) is 69.9 Å². The second-order valence-electron chi connectivity index (χ2n) is 21.1. The van der Waals surface area contributed by atoms with E-state index in [-0.39, 0.29) is 166 Å². The first kappa shape index (κ1) is 69.1. The summed E-state index contributed by atoms with van der Waals surface area (Å²) in [4.78, 5) is 64.5. The molecule has 0 bridgehead atoms. The van der Waals surface area contributed by atoms with Crippen molar-refractivity contribution in [1.29, 1.82) is 0 Å². The summed E-state index contributed by atoms with van der Waals surface area (Å²) in [6.45, 7) is 7.60. The molecule has 0 spiro atoms. The van der Waals surface area contributed by atoms with E-state index in [0.29, 0.717) is 25.7 Å². The van der Waals surface area contributed by atoms with Crippen LogP contribution in [0.25, 0.3) is 0 Å². The van der Waals surface area contributed by atoms with E-state index < -0.39 is 104 Å². The van der Waals surface area contributed by atoms with Gasteiger partial charge in [0.25, 0.3) is 0 Å². The standard InChI is InChI=1S/C52H94N4O22/c1-31(2)36(60)10-6-11-43(64)56-52(28-71-21-12-40(61)53-15-7-18-74-37-24-35(25-57)47(68)44(65)32(37)3,29-72-22-13-41(62)54-16-8-19-75-50-33(4)45(66)48(69)38(26-58)77-50)30-73-23-14-42(63)55-17-9-20-76-51-34(5)46(67)49(70)39(27-59)78-51/h31-35,37-39,44-51,57-59,65-70H,6-30H2,1-5H3,(H,53,61)(H,54,62)(H,55,63)(H,56,64)/t32?,33?,34?,35?,37-,38?,39?,44-,45-,46-,47+,48+,49+,50-,51-,52?/m1/s1. The Balaban J connectivity index is 1.57. The van der Waals surface area contributed by atoms with Crippen LogP contribution in [0.3, 0.4) is 0 Å². The van der Waals surface area contributed by atoms with Crippen LogP contribution in [-0.4, -0.2) is 247 Å². The number of rotatable bonds is 39. The van der Waals surface area contributed by atoms with Gasteiger partial charge in [0.05, 0.1) is 96.6 Å². The van der Waals surface area contributed by atoms with Crippen molar-refractivity contribution in [3.63, 3.8) is 0 Å². The molecule has 26 nitrogen and oxygen atoms in total. The van der Waals surface area contributed by atoms with Crippen LogP contribution in [0.2, 0.25) is 0 Å². The summed E-state index contributed by atoms with van der Waals surface area (Å²) in [5.41, 5.74) is -1.41. The number of nitrogens with one attached hydrogen (secondary N) is 4. The summed E-state index contributed by atoms with van der Waals surface area (Å²) >= 11 is 0. The Bertz CT molecular complexity index is 1570. The second kappa shape index (κ2) is 37.1. The Kier molecular flexibility index (Phi) is 32.9. The molecule has 78 heavy (non-hydrogen) atoms. The molecule has 2 aliphatic heterocycles. The predicted molar refractivity (Wildman–Crippen MR) is 276 cm³/mol. The van der Waals surface area contributed by atoms with E-state index in [2.05, 4.69) is 21.3 Å². The van der Waals surface area contributed by atoms with E-state index >= 15 is 0 Å². The number of hydrogen-bond acceptors (Lipinski definition) is 22. The molecule has 0 radical (unpaired) electrons. The van der Waals surface area contributed by atoms with Gasteiger partial charge >= 0.3 is 0 Å². The highest BCUT2D eigenvalue weighted by Crippen LogP contribution is 2.32. The van der Waals surface area contributed by atoms with Gasteiger partial charge < -0.3 is 105 Å². The summed E-state index contributed by atoms with van der Waals surface area (Å²) in [5, 5.41) is 101. The van der Waals surface area contributed by atoms with Crippen molar-refractivity contribution in [3.05, 3.63) is 0 Å². The fourth-order valence-corrected chi connectivity index (χ4v) is 9.09. The lowest BCUT2D eigenvalue weighted by molar-refractivity contribution is -0.282. The summed E-state index contributed by atoms with van der Waals surface area (Å²) in [5.74, 6) is -3.70. The molecule has 3 aliphatic rings. The van der Waals surface area contributed by atoms with Gasteiger partial charge in [-0.1, -0.05) is 34.6 Å². The fraction of sp³-hybridized carbons (Fsp3) is 0.904. The molecule has 15 atom stereocenters. The van der Waals surface area contributed by atoms with Crippen LogP contribution in [0.4, 0.5) is 0 Å². The normalized spacial score (nSPS) is 30.1. The molecule has 454 valence electrons. The van der Waals surface area contributed by atoms with Gasteiger partial charge in [-0.2, -0.15) is 0 Å². The Morgan fingerprint density at radius 1 is 0.500 bits per heavy atom. The number of aliphatic hydroxyl groups excluding tert-OH is 9. The maximum Gasteiger partial charge on any atom is 0.222 e. The Labute approximate surface area is 457 Å². The van der Waals surface area contributed by atoms with Gasteiger partial charge in [-0.15, -0.1) is 0 Å². The Morgan fingerprint density at radius 2 is 0.910 bits per heavy atom. The average molecular weight is 1130 g/mol. The summed E-state index contributed by atoms with van der Waals surface area (Å²) in [7, 11) is 0. The summed E-state index contributed by atoms with van der Waals surface area (Å²) in [6.07, 6.45) is -9.28. The zero-order valence-corrected chi connectivity index (χ0v) is 46.2. The highest BCUT2D eigenvalue weighted by molar-refractivity contribution is 5.82. The van der Waals surface area contributed by atoms with E-state index in [1.165, 1.54) is 0 Å². The molecule has 1 saturated carbocycles. The van der Waals surface area contributed by atoms with Crippen molar-refractivity contribution in [2.24, 2.45) is 29.6 Å². The van der Waals surface area contributed by atoms with E-state index in [0.717, 1.165) is 0 Å². The number of carbonyl (C=O) groups is 5. The number of hydrogen-bond donors (Lipinski definition) is 13. The predicted octanol–water partition coefficient (Wildman–Crippen LogP) is -3.09. The average Bonchev–Trinajstić information content (AvgIpc) is 3.43. The lowest BCUT2D eigenvalue weighted by atomic mass is 9.77. The van der Waals surface area contributed by atoms with Crippen LogP contribution in [-0.2, 0) is 61.9 Å². The van der Waals surface area contributed by atoms with Gasteiger partial charge in [0.1, 0.15) is 35.7 Å². The topological polar surface area (TPSA) is 389 Å². The van der Waals surface area contributed by atoms with Crippen LogP contribution in [0.1, 0.15) is 98.8 Å². The molecule has 4 amide bonds. The van der Waals surface area contributed by atoms with Crippen molar-refractivity contribution in [2.45, 2.75) is 172 Å². The maximum atomic E-state index is 13.6. The van der Waals surface area contributed by atoms with Crippen LogP contribution < -0.4 is 21.3 Å². The maximum absolute atomic E-state index is 13.6. The van der Waals surface area contributed by atoms with Crippen molar-refractivity contribution in [2.75, 3.05) is 98.9 Å². The lowest BCUT2D eigenvalue weighted by Crippen LogP contribution is -2.58. The van der Waals surface area contributed by atoms with Gasteiger partial charge in [0.15, 0.2) is 12.6 Å². The van der Waals surface area contributed by atoms with Gasteiger partial charge in [-0.05, 0) is 32.1 Å². The minimum atomic E-state index is -1.41. The van der Waals surface area contributed by atoms with Crippen molar-refractivity contribution in [3.8, 4) is 0 Å². The quantitative estimate of drug-likeness (QED) is 0.0271. The molecule has 3 rings (SSSR count). The Hall–Kier alpha value is -3.13. The number of amides is 4. The van der Waals surface area contributed by atoms with Crippen LogP contribution in [0.15, 0.2) is 0 Å². The van der Waals surface area contributed by atoms with Crippen LogP contribution in [0, 0.1) is 29.6 Å². The third-order valence-corrected chi connectivity index (χ3v) is 14.4. The molecule has 2 heterocycles. The van der Waals surface area contributed by atoms with Crippen molar-refractivity contribution >= 4 is 29.4 Å². The summed E-state index contributed by atoms with van der Waals surface area (Å²) < 4.78 is 46.5. The minimum absolute atomic E-state index is 0.00346. The first-order valence-corrected chi connectivity index (χ1v) is 27.6. The largest absolute Gasteiger partial charge is 0.396 e. The zero-order valence-electron chi connectivity index (χ0n) is 46.2. The molecule has 1 aliphatic carbocycles. The number of carbonyl (C=O) groups excluding carboxylic acids is 5. The number of ether oxygens (including phenoxy) is 8. The van der Waals surface area contributed by atoms with Gasteiger partial charge in [0.2, 0.25) is 23.6 Å². The van der Waals surface area contributed by atoms with E-state index in [1.807, 2.05) is 0 Å². The van der Waals surface area contributed by atoms with E-state index in [4.69, 9.17) is 37.9 Å². The molecule has 6 unspecified atom stereocenters. The van der Waals surface area contributed by atoms with Gasteiger partial charge in [-0.25, -0.2) is 0 Å². The van der Waals surface area contributed by atoms with Gasteiger partial charge in [-0.3, -0.25) is 24.0 Å².